The fourth-order valence-corrected chi connectivity index (χ4v) is 10.5. The maximum Gasteiger partial charge on any atom is 0.0714 e. The number of hydrogen-bond donors (Lipinski definition) is 0. The molecule has 1 nitrogen and oxygen atoms in total. The van der Waals surface area contributed by atoms with Crippen LogP contribution in [0.25, 0.3) is 61.2 Å². The van der Waals surface area contributed by atoms with E-state index in [0.29, 0.717) is 0 Å². The van der Waals surface area contributed by atoms with Crippen molar-refractivity contribution >= 4 is 22.6 Å². The molecular weight excluding hydrogens is 831 g/mol. The molecule has 10 aromatic rings. The lowest BCUT2D eigenvalue weighted by Crippen LogP contribution is -2.28. The molecule has 1 heteroatoms. The van der Waals surface area contributed by atoms with Gasteiger partial charge in [-0.25, -0.2) is 0 Å². The summed E-state index contributed by atoms with van der Waals surface area (Å²) in [4.78, 5) is 2.46. The lowest BCUT2D eigenvalue weighted by molar-refractivity contribution is 0.768. The molecule has 1 aliphatic rings. The van der Waals surface area contributed by atoms with E-state index in [0.717, 1.165) is 39.3 Å². The predicted octanol–water partition coefficient (Wildman–Crippen LogP) is 18.3. The number of hydrogen-bond acceptors (Lipinski definition) is 1. The summed E-state index contributed by atoms with van der Waals surface area (Å²) in [6.07, 6.45) is 8.16. The molecule has 0 fully saturated rings. The zero-order valence-corrected chi connectivity index (χ0v) is 38.7. The van der Waals surface area contributed by atoms with Crippen molar-refractivity contribution in [3.63, 3.8) is 0 Å². The summed E-state index contributed by atoms with van der Waals surface area (Å²) in [6.45, 7) is 6.21. The van der Waals surface area contributed by atoms with E-state index in [1.165, 1.54) is 66.8 Å². The van der Waals surface area contributed by atoms with Gasteiger partial charge in [-0.3, -0.25) is 0 Å². The summed E-state index contributed by atoms with van der Waals surface area (Å²) in [5, 5.41) is 0. The molecule has 0 spiro atoms. The van der Waals surface area contributed by atoms with Crippen LogP contribution in [0.1, 0.15) is 34.7 Å². The zero-order valence-electron chi connectivity index (χ0n) is 38.7. The van der Waals surface area contributed by atoms with Gasteiger partial charge in [-0.15, -0.1) is 0 Å². The first-order valence-electron chi connectivity index (χ1n) is 23.8. The maximum atomic E-state index is 4.17. The molecule has 0 aromatic heterocycles. The highest BCUT2D eigenvalue weighted by Crippen LogP contribution is 2.59. The molecule has 0 radical (unpaired) electrons. The zero-order chi connectivity index (χ0) is 46.6. The van der Waals surface area contributed by atoms with Crippen molar-refractivity contribution in [2.24, 2.45) is 0 Å². The van der Waals surface area contributed by atoms with E-state index in [9.17, 15) is 0 Å². The first kappa shape index (κ1) is 42.8. The highest BCUT2D eigenvalue weighted by Gasteiger charge is 2.46. The lowest BCUT2D eigenvalue weighted by atomic mass is 9.67. The highest BCUT2D eigenvalue weighted by molar-refractivity contribution is 5.97. The summed E-state index contributed by atoms with van der Waals surface area (Å²) in [5.74, 6) is 0. The van der Waals surface area contributed by atoms with Gasteiger partial charge in [-0.05, 0) is 127 Å². The predicted molar refractivity (Wildman–Crippen MR) is 293 cm³/mol. The van der Waals surface area contributed by atoms with E-state index < -0.39 is 5.41 Å². The quantitative estimate of drug-likeness (QED) is 0.111. The molecule has 10 aromatic carbocycles. The van der Waals surface area contributed by atoms with Crippen LogP contribution in [0.15, 0.2) is 286 Å². The van der Waals surface area contributed by atoms with Crippen molar-refractivity contribution in [3.8, 4) is 55.6 Å². The van der Waals surface area contributed by atoms with Gasteiger partial charge in [-0.2, -0.15) is 0 Å². The van der Waals surface area contributed by atoms with Crippen molar-refractivity contribution in [1.29, 1.82) is 0 Å². The molecule has 0 unspecified atom stereocenters. The fraction of sp³-hybridized carbons (Fsp3) is 0.0294. The van der Waals surface area contributed by atoms with Gasteiger partial charge in [0.15, 0.2) is 0 Å². The molecule has 11 rings (SSSR count). The Morgan fingerprint density at radius 2 is 0.826 bits per heavy atom. The Hall–Kier alpha value is -8.78. The van der Waals surface area contributed by atoms with E-state index in [-0.39, 0.29) is 0 Å². The molecule has 0 saturated heterocycles. The number of nitrogens with zero attached hydrogens (tertiary/aromatic N) is 1. The molecule has 1 aliphatic carbocycles. The minimum atomic E-state index is -0.587. The Morgan fingerprint density at radius 3 is 1.38 bits per heavy atom. The Kier molecular flexibility index (Phi) is 11.7. The average Bonchev–Trinajstić information content (AvgIpc) is 3.72. The summed E-state index contributed by atoms with van der Waals surface area (Å²) < 4.78 is 0. The van der Waals surface area contributed by atoms with Crippen LogP contribution in [-0.2, 0) is 5.41 Å². The van der Waals surface area contributed by atoms with Crippen molar-refractivity contribution < 1.29 is 0 Å². The molecule has 0 atom stereocenters. The van der Waals surface area contributed by atoms with Gasteiger partial charge in [0.2, 0.25) is 0 Å². The Labute approximate surface area is 407 Å². The van der Waals surface area contributed by atoms with Crippen molar-refractivity contribution in [3.05, 3.63) is 313 Å². The summed E-state index contributed by atoms with van der Waals surface area (Å²) >= 11 is 0. The van der Waals surface area contributed by atoms with Gasteiger partial charge in [0.1, 0.15) is 0 Å². The van der Waals surface area contributed by atoms with Crippen LogP contribution < -0.4 is 4.90 Å². The summed E-state index contributed by atoms with van der Waals surface area (Å²) in [6, 6.07) is 93.4. The van der Waals surface area contributed by atoms with E-state index in [4.69, 9.17) is 0 Å². The number of rotatable bonds is 12. The van der Waals surface area contributed by atoms with E-state index in [1.807, 2.05) is 19.1 Å². The standard InChI is InChI=1S/C68H51N/c1-3-5-22-49(4-2)51-39-43-58(44-40-51)69(59-45-41-52(42-46-59)50-23-10-6-11-24-50)67-48-66-64(62-33-20-21-34-65(62)68(66,56-27-14-8-15-28-56)57-29-16-9-17-30-57)47-63(67)55-37-35-54(36-38-55)61-32-19-18-31-60(61)53-25-12-7-13-26-53/h3-48H,2H2,1H3/b5-3-,49-22+. The first-order valence-corrected chi connectivity index (χ1v) is 23.8. The Morgan fingerprint density at radius 1 is 0.391 bits per heavy atom. The minimum absolute atomic E-state index is 0.587. The van der Waals surface area contributed by atoms with Crippen LogP contribution in [0.5, 0.6) is 0 Å². The summed E-state index contributed by atoms with van der Waals surface area (Å²) in [5.41, 5.74) is 21.7. The molecule has 0 saturated carbocycles. The molecule has 0 N–H and O–H groups in total. The molecule has 69 heavy (non-hydrogen) atoms. The van der Waals surface area contributed by atoms with Crippen LogP contribution in [0.2, 0.25) is 0 Å². The second kappa shape index (κ2) is 18.8. The summed E-state index contributed by atoms with van der Waals surface area (Å²) in [7, 11) is 0. The molecule has 0 amide bonds. The molecule has 328 valence electrons. The highest BCUT2D eigenvalue weighted by atomic mass is 15.1. The Bertz CT molecular complexity index is 3420. The number of allylic oxidation sites excluding steroid dienone is 5. The molecule has 0 heterocycles. The van der Waals surface area contributed by atoms with Gasteiger partial charge in [0.25, 0.3) is 0 Å². The van der Waals surface area contributed by atoms with Crippen LogP contribution in [-0.4, -0.2) is 0 Å². The van der Waals surface area contributed by atoms with Gasteiger partial charge in [0, 0.05) is 16.9 Å². The van der Waals surface area contributed by atoms with Crippen LogP contribution >= 0.6 is 0 Å². The third-order valence-electron chi connectivity index (χ3n) is 13.7. The second-order valence-corrected chi connectivity index (χ2v) is 17.6. The van der Waals surface area contributed by atoms with Gasteiger partial charge < -0.3 is 4.90 Å². The largest absolute Gasteiger partial charge is 0.310 e. The van der Waals surface area contributed by atoms with E-state index in [2.05, 4.69) is 278 Å². The van der Waals surface area contributed by atoms with Gasteiger partial charge >= 0.3 is 0 Å². The van der Waals surface area contributed by atoms with Crippen molar-refractivity contribution in [2.45, 2.75) is 12.3 Å². The number of benzene rings is 10. The van der Waals surface area contributed by atoms with E-state index >= 15 is 0 Å². The SMILES string of the molecule is C=C/C(=C\C=C/C)c1ccc(N(c2ccc(-c3ccccc3)cc2)c2cc3c(cc2-c2ccc(-c4ccccc4-c4ccccc4)cc2)-c2ccccc2C3(c2ccccc2)c2ccccc2)cc1. The van der Waals surface area contributed by atoms with Crippen LogP contribution in [0.3, 0.4) is 0 Å². The second-order valence-electron chi connectivity index (χ2n) is 17.6. The molecule has 0 bridgehead atoms. The lowest BCUT2D eigenvalue weighted by Gasteiger charge is -2.35. The maximum absolute atomic E-state index is 4.17. The number of anilines is 3. The smallest absolute Gasteiger partial charge is 0.0714 e. The molecule has 0 aliphatic heterocycles. The van der Waals surface area contributed by atoms with Gasteiger partial charge in [-0.1, -0.05) is 249 Å². The van der Waals surface area contributed by atoms with Crippen molar-refractivity contribution in [2.75, 3.05) is 4.90 Å². The normalized spacial score (nSPS) is 12.6. The fourth-order valence-electron chi connectivity index (χ4n) is 10.5. The number of fused-ring (bicyclic) bond motifs is 3. The van der Waals surface area contributed by atoms with E-state index in [1.54, 1.807) is 0 Å². The Balaban J connectivity index is 1.18. The molecular formula is C68H51N. The van der Waals surface area contributed by atoms with Crippen LogP contribution in [0, 0.1) is 0 Å². The topological polar surface area (TPSA) is 3.24 Å². The third kappa shape index (κ3) is 7.84. The van der Waals surface area contributed by atoms with Gasteiger partial charge in [0.05, 0.1) is 11.1 Å². The first-order chi connectivity index (χ1) is 34.1. The third-order valence-corrected chi connectivity index (χ3v) is 13.7. The minimum Gasteiger partial charge on any atom is -0.310 e. The van der Waals surface area contributed by atoms with Crippen LogP contribution in [0.4, 0.5) is 17.1 Å². The van der Waals surface area contributed by atoms with Crippen molar-refractivity contribution in [1.82, 2.24) is 0 Å². The average molecular weight is 882 g/mol. The monoisotopic (exact) mass is 881 g/mol.